The third-order valence-electron chi connectivity index (χ3n) is 5.04. The van der Waals surface area contributed by atoms with Gasteiger partial charge >= 0.3 is 0 Å². The molecule has 2 bridgehead atoms. The molecule has 1 N–H and O–H groups in total. The number of hydrogen-bond donors (Lipinski definition) is 1. The van der Waals surface area contributed by atoms with Crippen molar-refractivity contribution in [1.82, 2.24) is 5.32 Å². The molecule has 0 aromatic heterocycles. The van der Waals surface area contributed by atoms with Crippen LogP contribution in [0, 0.1) is 23.7 Å². The maximum Gasteiger partial charge on any atom is 0.0469 e. The van der Waals surface area contributed by atoms with E-state index in [9.17, 15) is 0 Å². The largest absolute Gasteiger partial charge is 0.381 e. The van der Waals surface area contributed by atoms with Crippen molar-refractivity contribution in [2.24, 2.45) is 23.7 Å². The number of rotatable bonds is 4. The van der Waals surface area contributed by atoms with Gasteiger partial charge in [0, 0.05) is 19.3 Å². The molecule has 3 aliphatic rings. The molecule has 0 aromatic rings. The van der Waals surface area contributed by atoms with Crippen LogP contribution in [0.5, 0.6) is 0 Å². The van der Waals surface area contributed by atoms with Crippen molar-refractivity contribution >= 4 is 0 Å². The smallest absolute Gasteiger partial charge is 0.0469 e. The molecule has 2 nitrogen and oxygen atoms in total. The molecule has 0 aromatic carbocycles. The average molecular weight is 235 g/mol. The number of hydrogen-bond acceptors (Lipinski definition) is 2. The van der Waals surface area contributed by atoms with Crippen molar-refractivity contribution in [3.63, 3.8) is 0 Å². The fraction of sp³-hybridized carbons (Fsp3) is 0.867. The first-order valence-electron chi connectivity index (χ1n) is 7.32. The van der Waals surface area contributed by atoms with E-state index in [0.29, 0.717) is 6.04 Å². The minimum Gasteiger partial charge on any atom is -0.381 e. The van der Waals surface area contributed by atoms with Gasteiger partial charge in [-0.25, -0.2) is 0 Å². The lowest BCUT2D eigenvalue weighted by Gasteiger charge is -2.29. The van der Waals surface area contributed by atoms with Gasteiger partial charge in [0.15, 0.2) is 0 Å². The summed E-state index contributed by atoms with van der Waals surface area (Å²) in [4.78, 5) is 0. The van der Waals surface area contributed by atoms with E-state index in [1.165, 1.54) is 32.2 Å². The Morgan fingerprint density at radius 2 is 2.06 bits per heavy atom. The van der Waals surface area contributed by atoms with Gasteiger partial charge in [0.1, 0.15) is 0 Å². The molecule has 2 fully saturated rings. The lowest BCUT2D eigenvalue weighted by molar-refractivity contribution is 0.0647. The summed E-state index contributed by atoms with van der Waals surface area (Å²) in [6.07, 6.45) is 10.2. The highest BCUT2D eigenvalue weighted by molar-refractivity contribution is 5.11. The average Bonchev–Trinajstić information content (AvgIpc) is 2.99. The molecule has 2 aliphatic carbocycles. The van der Waals surface area contributed by atoms with Gasteiger partial charge in [-0.15, -0.1) is 0 Å². The summed E-state index contributed by atoms with van der Waals surface area (Å²) in [6, 6.07) is 0.692. The molecule has 17 heavy (non-hydrogen) atoms. The second kappa shape index (κ2) is 5.11. The van der Waals surface area contributed by atoms with Crippen LogP contribution in [0.25, 0.3) is 0 Å². The molecular weight excluding hydrogens is 210 g/mol. The molecule has 1 saturated heterocycles. The molecular formula is C15H25NO. The fourth-order valence-electron chi connectivity index (χ4n) is 3.85. The Morgan fingerprint density at radius 1 is 1.24 bits per heavy atom. The Balaban J connectivity index is 1.44. The number of allylic oxidation sites excluding steroid dienone is 2. The van der Waals surface area contributed by atoms with E-state index >= 15 is 0 Å². The first kappa shape index (κ1) is 11.7. The normalized spacial score (nSPS) is 38.8. The highest BCUT2D eigenvalue weighted by atomic mass is 16.5. The van der Waals surface area contributed by atoms with Crippen molar-refractivity contribution in [2.75, 3.05) is 19.8 Å². The zero-order chi connectivity index (χ0) is 11.7. The monoisotopic (exact) mass is 235 g/mol. The zero-order valence-corrected chi connectivity index (χ0v) is 10.9. The van der Waals surface area contributed by atoms with Gasteiger partial charge in [-0.1, -0.05) is 12.2 Å². The standard InChI is InChI=1S/C15H25NO/c1-11(15-9-13-2-3-14(15)8-13)16-10-12-4-6-17-7-5-12/h2-3,11-16H,4-10H2,1H3. The SMILES string of the molecule is CC(NCC1CCOCC1)C1CC2C=CC1C2. The van der Waals surface area contributed by atoms with Crippen LogP contribution >= 0.6 is 0 Å². The van der Waals surface area contributed by atoms with Crippen LogP contribution in [0.2, 0.25) is 0 Å². The third kappa shape index (κ3) is 2.58. The topological polar surface area (TPSA) is 21.3 Å². The van der Waals surface area contributed by atoms with Gasteiger partial charge in [-0.2, -0.15) is 0 Å². The van der Waals surface area contributed by atoms with E-state index in [1.54, 1.807) is 0 Å². The maximum atomic E-state index is 5.41. The first-order chi connectivity index (χ1) is 8.33. The molecule has 0 spiro atoms. The van der Waals surface area contributed by atoms with E-state index < -0.39 is 0 Å². The molecule has 1 heterocycles. The maximum absolute atomic E-state index is 5.41. The van der Waals surface area contributed by atoms with E-state index in [0.717, 1.165) is 36.9 Å². The van der Waals surface area contributed by atoms with Crippen LogP contribution in [0.15, 0.2) is 12.2 Å². The molecule has 1 saturated carbocycles. The van der Waals surface area contributed by atoms with Crippen molar-refractivity contribution in [3.05, 3.63) is 12.2 Å². The third-order valence-corrected chi connectivity index (χ3v) is 5.04. The molecule has 0 amide bonds. The van der Waals surface area contributed by atoms with Crippen LogP contribution < -0.4 is 5.32 Å². The molecule has 2 heteroatoms. The Morgan fingerprint density at radius 3 is 2.71 bits per heavy atom. The van der Waals surface area contributed by atoms with Crippen molar-refractivity contribution in [3.8, 4) is 0 Å². The number of nitrogens with one attached hydrogen (secondary N) is 1. The van der Waals surface area contributed by atoms with Gasteiger partial charge in [0.25, 0.3) is 0 Å². The summed E-state index contributed by atoms with van der Waals surface area (Å²) >= 11 is 0. The minimum atomic E-state index is 0.692. The van der Waals surface area contributed by atoms with Crippen molar-refractivity contribution < 1.29 is 4.74 Å². The molecule has 4 unspecified atom stereocenters. The summed E-state index contributed by atoms with van der Waals surface area (Å²) in [5.41, 5.74) is 0. The van der Waals surface area contributed by atoms with E-state index in [2.05, 4.69) is 24.4 Å². The predicted octanol–water partition coefficient (Wildman–Crippen LogP) is 2.60. The van der Waals surface area contributed by atoms with Gasteiger partial charge in [0.05, 0.1) is 0 Å². The Bertz CT molecular complexity index is 283. The number of fused-ring (bicyclic) bond motifs is 2. The van der Waals surface area contributed by atoms with Crippen molar-refractivity contribution in [1.29, 1.82) is 0 Å². The zero-order valence-electron chi connectivity index (χ0n) is 10.9. The summed E-state index contributed by atoms with van der Waals surface area (Å²) in [5.74, 6) is 3.51. The van der Waals surface area contributed by atoms with Crippen molar-refractivity contribution in [2.45, 2.75) is 38.6 Å². The second-order valence-electron chi connectivity index (χ2n) is 6.20. The number of ether oxygens (including phenoxy) is 1. The van der Waals surface area contributed by atoms with Gasteiger partial charge < -0.3 is 10.1 Å². The molecule has 4 atom stereocenters. The molecule has 0 radical (unpaired) electrons. The highest BCUT2D eigenvalue weighted by Gasteiger charge is 2.38. The Labute approximate surface area is 105 Å². The van der Waals surface area contributed by atoms with Gasteiger partial charge in [-0.05, 0) is 62.8 Å². The van der Waals surface area contributed by atoms with Gasteiger partial charge in [-0.3, -0.25) is 0 Å². The summed E-state index contributed by atoms with van der Waals surface area (Å²) < 4.78 is 5.41. The summed E-state index contributed by atoms with van der Waals surface area (Å²) in [5, 5.41) is 3.79. The van der Waals surface area contributed by atoms with Gasteiger partial charge in [0.2, 0.25) is 0 Å². The predicted molar refractivity (Wildman–Crippen MR) is 69.9 cm³/mol. The first-order valence-corrected chi connectivity index (χ1v) is 7.32. The minimum absolute atomic E-state index is 0.692. The highest BCUT2D eigenvalue weighted by Crippen LogP contribution is 2.44. The second-order valence-corrected chi connectivity index (χ2v) is 6.20. The summed E-state index contributed by atoms with van der Waals surface area (Å²) in [7, 11) is 0. The molecule has 3 rings (SSSR count). The van der Waals surface area contributed by atoms with Crippen LogP contribution in [-0.2, 0) is 4.74 Å². The molecule has 96 valence electrons. The summed E-state index contributed by atoms with van der Waals surface area (Å²) in [6.45, 7) is 5.52. The Kier molecular flexibility index (Phi) is 3.53. The van der Waals surface area contributed by atoms with E-state index in [-0.39, 0.29) is 0 Å². The lowest BCUT2D eigenvalue weighted by atomic mass is 9.87. The van der Waals surface area contributed by atoms with Crippen LogP contribution in [-0.4, -0.2) is 25.8 Å². The van der Waals surface area contributed by atoms with E-state index in [1.807, 2.05) is 0 Å². The fourth-order valence-corrected chi connectivity index (χ4v) is 3.85. The quantitative estimate of drug-likeness (QED) is 0.756. The molecule has 1 aliphatic heterocycles. The Hall–Kier alpha value is -0.340. The van der Waals surface area contributed by atoms with Crippen LogP contribution in [0.4, 0.5) is 0 Å². The van der Waals surface area contributed by atoms with Crippen LogP contribution in [0.3, 0.4) is 0 Å². The van der Waals surface area contributed by atoms with E-state index in [4.69, 9.17) is 4.74 Å². The lowest BCUT2D eigenvalue weighted by Crippen LogP contribution is -2.39. The van der Waals surface area contributed by atoms with Crippen LogP contribution in [0.1, 0.15) is 32.6 Å².